The summed E-state index contributed by atoms with van der Waals surface area (Å²) in [5.74, 6) is -0.483. The number of nitrogens with one attached hydrogen (secondary N) is 1. The van der Waals surface area contributed by atoms with Crippen LogP contribution in [-0.4, -0.2) is 41.0 Å². The van der Waals surface area contributed by atoms with Crippen molar-refractivity contribution in [3.05, 3.63) is 59.1 Å². The average molecular weight is 459 g/mol. The number of hydrogen-bond donors (Lipinski definition) is 1. The predicted octanol–water partition coefficient (Wildman–Crippen LogP) is 2.92. The zero-order valence-corrected chi connectivity index (χ0v) is 18.4. The van der Waals surface area contributed by atoms with Crippen molar-refractivity contribution in [1.29, 1.82) is 0 Å². The molecule has 0 saturated carbocycles. The molecular formula is C21H19ClN4O4S. The number of para-hydroxylation sites is 2. The van der Waals surface area contributed by atoms with E-state index in [4.69, 9.17) is 16.3 Å². The molecule has 0 unspecified atom stereocenters. The minimum absolute atomic E-state index is 0.171. The second-order valence-electron chi connectivity index (χ2n) is 6.92. The van der Waals surface area contributed by atoms with Crippen LogP contribution >= 0.6 is 23.4 Å². The van der Waals surface area contributed by atoms with Gasteiger partial charge in [0.1, 0.15) is 12.4 Å². The van der Waals surface area contributed by atoms with Crippen molar-refractivity contribution < 1.29 is 19.1 Å². The Bertz CT molecular complexity index is 1090. The molecule has 1 spiro atoms. The number of carbonyl (C=O) groups excluding carboxylic acids is 3. The van der Waals surface area contributed by atoms with Crippen LogP contribution in [0.4, 0.5) is 5.69 Å². The van der Waals surface area contributed by atoms with Crippen molar-refractivity contribution in [2.45, 2.75) is 18.7 Å². The molecule has 31 heavy (non-hydrogen) atoms. The molecule has 3 amide bonds. The van der Waals surface area contributed by atoms with Crippen LogP contribution in [0.5, 0.6) is 5.75 Å². The highest BCUT2D eigenvalue weighted by Gasteiger charge is 2.61. The highest BCUT2D eigenvalue weighted by Crippen LogP contribution is 2.55. The summed E-state index contributed by atoms with van der Waals surface area (Å²) >= 11 is 7.49. The van der Waals surface area contributed by atoms with Gasteiger partial charge in [0, 0.05) is 19.4 Å². The van der Waals surface area contributed by atoms with Crippen molar-refractivity contribution in [3.63, 3.8) is 0 Å². The van der Waals surface area contributed by atoms with Crippen molar-refractivity contribution in [2.75, 3.05) is 18.1 Å². The van der Waals surface area contributed by atoms with Gasteiger partial charge in [-0.2, -0.15) is 5.01 Å². The molecule has 0 bridgehead atoms. The van der Waals surface area contributed by atoms with Crippen LogP contribution in [0.2, 0.25) is 5.02 Å². The summed E-state index contributed by atoms with van der Waals surface area (Å²) in [5.41, 5.74) is 1.04. The Morgan fingerprint density at radius 2 is 1.90 bits per heavy atom. The number of amidine groups is 1. The maximum atomic E-state index is 13.7. The maximum Gasteiger partial charge on any atom is 0.270 e. The van der Waals surface area contributed by atoms with E-state index in [0.29, 0.717) is 22.0 Å². The van der Waals surface area contributed by atoms with E-state index in [-0.39, 0.29) is 30.1 Å². The lowest BCUT2D eigenvalue weighted by Crippen LogP contribution is -2.49. The number of benzene rings is 2. The van der Waals surface area contributed by atoms with Gasteiger partial charge < -0.3 is 15.0 Å². The first-order chi connectivity index (χ1) is 14.8. The van der Waals surface area contributed by atoms with Gasteiger partial charge in [0.2, 0.25) is 16.7 Å². The summed E-state index contributed by atoms with van der Waals surface area (Å²) in [6, 6.07) is 14.4. The summed E-state index contributed by atoms with van der Waals surface area (Å²) in [4.78, 5) is 37.8. The zero-order chi connectivity index (χ0) is 22.2. The number of anilines is 1. The van der Waals surface area contributed by atoms with Crippen LogP contribution in [0.1, 0.15) is 19.4 Å². The van der Waals surface area contributed by atoms with Gasteiger partial charge in [-0.15, -0.1) is 5.10 Å². The summed E-state index contributed by atoms with van der Waals surface area (Å²) in [5, 5.41) is 8.44. The van der Waals surface area contributed by atoms with Crippen molar-refractivity contribution in [1.82, 2.24) is 10.3 Å². The van der Waals surface area contributed by atoms with Gasteiger partial charge in [-0.3, -0.25) is 14.4 Å². The predicted molar refractivity (Wildman–Crippen MR) is 119 cm³/mol. The van der Waals surface area contributed by atoms with Crippen LogP contribution in [0, 0.1) is 0 Å². The minimum atomic E-state index is -1.48. The molecule has 1 N–H and O–H groups in total. The smallest absolute Gasteiger partial charge is 0.270 e. The van der Waals surface area contributed by atoms with E-state index in [2.05, 4.69) is 10.4 Å². The van der Waals surface area contributed by atoms with Gasteiger partial charge in [0.15, 0.2) is 5.17 Å². The van der Waals surface area contributed by atoms with E-state index < -0.39 is 10.8 Å². The van der Waals surface area contributed by atoms with Crippen LogP contribution in [-0.2, 0) is 19.3 Å². The number of hydrazone groups is 1. The Morgan fingerprint density at radius 3 is 2.58 bits per heavy atom. The largest absolute Gasteiger partial charge is 0.492 e. The fraction of sp³-hybridized carbons (Fsp3) is 0.238. The van der Waals surface area contributed by atoms with Gasteiger partial charge in [-0.05, 0) is 30.0 Å². The molecule has 2 aliphatic rings. The number of fused-ring (bicyclic) bond motifs is 2. The SMILES string of the molecule is CC(=O)NC1=NN(C(C)=O)[C@@]2(S1)C(=O)N(CCOc1ccccc1)c1c(Cl)cccc12. The van der Waals surface area contributed by atoms with Crippen molar-refractivity contribution >= 4 is 51.9 Å². The molecule has 2 heterocycles. The number of nitrogens with zero attached hydrogens (tertiary/aromatic N) is 3. The molecule has 10 heteroatoms. The summed E-state index contributed by atoms with van der Waals surface area (Å²) in [6.07, 6.45) is 0. The first-order valence-electron chi connectivity index (χ1n) is 9.49. The zero-order valence-electron chi connectivity index (χ0n) is 16.8. The number of halogens is 1. The third-order valence-corrected chi connectivity index (χ3v) is 6.34. The van der Waals surface area contributed by atoms with E-state index in [0.717, 1.165) is 16.8 Å². The van der Waals surface area contributed by atoms with Gasteiger partial charge in [0.05, 0.1) is 17.3 Å². The fourth-order valence-electron chi connectivity index (χ4n) is 3.61. The maximum absolute atomic E-state index is 13.7. The van der Waals surface area contributed by atoms with E-state index in [9.17, 15) is 14.4 Å². The van der Waals surface area contributed by atoms with Gasteiger partial charge in [-0.25, -0.2) is 0 Å². The number of rotatable bonds is 4. The quantitative estimate of drug-likeness (QED) is 0.760. The van der Waals surface area contributed by atoms with E-state index in [1.54, 1.807) is 18.2 Å². The van der Waals surface area contributed by atoms with E-state index >= 15 is 0 Å². The second-order valence-corrected chi connectivity index (χ2v) is 8.51. The Kier molecular flexibility index (Phi) is 5.63. The molecule has 4 rings (SSSR count). The van der Waals surface area contributed by atoms with E-state index in [1.165, 1.54) is 18.7 Å². The van der Waals surface area contributed by atoms with Crippen molar-refractivity contribution in [3.8, 4) is 5.75 Å². The van der Waals surface area contributed by atoms with Crippen LogP contribution < -0.4 is 15.0 Å². The first-order valence-corrected chi connectivity index (χ1v) is 10.7. The molecule has 2 aromatic carbocycles. The lowest BCUT2D eigenvalue weighted by atomic mass is 10.1. The molecule has 0 saturated heterocycles. The van der Waals surface area contributed by atoms with Crippen molar-refractivity contribution in [2.24, 2.45) is 5.10 Å². The number of ether oxygens (including phenoxy) is 1. The van der Waals surface area contributed by atoms with Crippen LogP contribution in [0.15, 0.2) is 53.6 Å². The molecule has 2 aromatic rings. The summed E-state index contributed by atoms with van der Waals surface area (Å²) in [6.45, 7) is 3.09. The Morgan fingerprint density at radius 1 is 1.16 bits per heavy atom. The third-order valence-electron chi connectivity index (χ3n) is 4.80. The number of thioether (sulfide) groups is 1. The monoisotopic (exact) mass is 458 g/mol. The third kappa shape index (κ3) is 3.64. The molecule has 160 valence electrons. The number of carbonyl (C=O) groups is 3. The Hall–Kier alpha value is -3.04. The number of amides is 3. The fourth-order valence-corrected chi connectivity index (χ4v) is 5.21. The van der Waals surface area contributed by atoms with Gasteiger partial charge in [-0.1, -0.05) is 41.9 Å². The molecule has 0 fully saturated rings. The lowest BCUT2D eigenvalue weighted by molar-refractivity contribution is -0.139. The van der Waals surface area contributed by atoms with Gasteiger partial charge in [0.25, 0.3) is 5.91 Å². The molecule has 0 radical (unpaired) electrons. The molecule has 8 nitrogen and oxygen atoms in total. The molecule has 0 aromatic heterocycles. The number of hydrogen-bond acceptors (Lipinski definition) is 6. The highest BCUT2D eigenvalue weighted by molar-refractivity contribution is 8.15. The first kappa shape index (κ1) is 21.2. The average Bonchev–Trinajstić information content (AvgIpc) is 3.21. The summed E-state index contributed by atoms with van der Waals surface area (Å²) < 4.78 is 5.76. The van der Waals surface area contributed by atoms with Crippen LogP contribution in [0.3, 0.4) is 0 Å². The van der Waals surface area contributed by atoms with E-state index in [1.807, 2.05) is 30.3 Å². The minimum Gasteiger partial charge on any atom is -0.492 e. The molecule has 2 aliphatic heterocycles. The molecule has 1 atom stereocenters. The normalized spacial score (nSPS) is 19.5. The van der Waals surface area contributed by atoms with Gasteiger partial charge >= 0.3 is 0 Å². The topological polar surface area (TPSA) is 91.3 Å². The lowest BCUT2D eigenvalue weighted by Gasteiger charge is -2.29. The Balaban J connectivity index is 1.69. The Labute approximate surface area is 188 Å². The highest BCUT2D eigenvalue weighted by atomic mass is 35.5. The van der Waals surface area contributed by atoms with Crippen LogP contribution in [0.25, 0.3) is 0 Å². The second kappa shape index (κ2) is 8.24. The summed E-state index contributed by atoms with van der Waals surface area (Å²) in [7, 11) is 0. The molecule has 0 aliphatic carbocycles. The standard InChI is InChI=1S/C21H19ClN4O4S/c1-13(27)23-20-24-26(14(2)28)21(31-20)16-9-6-10-17(22)18(16)25(19(21)29)11-12-30-15-7-4-3-5-8-15/h3-10H,11-12H2,1-2H3,(H,23,24,27)/t21-/m0/s1. The molecular weight excluding hydrogens is 440 g/mol.